The van der Waals surface area contributed by atoms with Crippen LogP contribution in [-0.4, -0.2) is 11.1 Å². The van der Waals surface area contributed by atoms with E-state index < -0.39 is 29.2 Å². The Morgan fingerprint density at radius 1 is 1.39 bits per heavy atom. The van der Waals surface area contributed by atoms with Crippen molar-refractivity contribution >= 4 is 5.97 Å². The number of halogens is 3. The Labute approximate surface area is 103 Å². The summed E-state index contributed by atoms with van der Waals surface area (Å²) in [6, 6.07) is 1.97. The van der Waals surface area contributed by atoms with Crippen LogP contribution in [0.2, 0.25) is 0 Å². The predicted molar refractivity (Wildman–Crippen MR) is 61.0 cm³/mol. The van der Waals surface area contributed by atoms with Crippen LogP contribution in [0.15, 0.2) is 12.1 Å². The number of carboxylic acids is 1. The summed E-state index contributed by atoms with van der Waals surface area (Å²) in [5.41, 5.74) is -1.94. The van der Waals surface area contributed by atoms with Crippen molar-refractivity contribution in [2.75, 3.05) is 0 Å². The SMILES string of the molecule is CC(Cc1cc(C(C)(C)F)cc(F)c1F)C(=O)O. The first kappa shape index (κ1) is 14.5. The molecule has 0 saturated carbocycles. The Bertz CT molecular complexity index is 464. The molecular weight excluding hydrogens is 245 g/mol. The summed E-state index contributed by atoms with van der Waals surface area (Å²) in [7, 11) is 0. The van der Waals surface area contributed by atoms with E-state index >= 15 is 0 Å². The number of hydrogen-bond acceptors (Lipinski definition) is 1. The fourth-order valence-electron chi connectivity index (χ4n) is 1.55. The average molecular weight is 260 g/mol. The van der Waals surface area contributed by atoms with E-state index in [1.807, 2.05) is 0 Å². The fraction of sp³-hybridized carbons (Fsp3) is 0.462. The summed E-state index contributed by atoms with van der Waals surface area (Å²) >= 11 is 0. The molecule has 0 aromatic heterocycles. The molecule has 2 nitrogen and oxygen atoms in total. The van der Waals surface area contributed by atoms with Gasteiger partial charge < -0.3 is 5.11 Å². The lowest BCUT2D eigenvalue weighted by Gasteiger charge is -2.17. The molecule has 0 bridgehead atoms. The molecule has 0 radical (unpaired) electrons. The second-order valence-electron chi connectivity index (χ2n) is 4.85. The van der Waals surface area contributed by atoms with E-state index in [1.165, 1.54) is 26.8 Å². The van der Waals surface area contributed by atoms with Gasteiger partial charge >= 0.3 is 5.97 Å². The van der Waals surface area contributed by atoms with E-state index in [1.54, 1.807) is 0 Å². The number of hydrogen-bond donors (Lipinski definition) is 1. The van der Waals surface area contributed by atoms with Gasteiger partial charge in [-0.1, -0.05) is 6.92 Å². The van der Waals surface area contributed by atoms with E-state index in [4.69, 9.17) is 5.11 Å². The van der Waals surface area contributed by atoms with Crippen LogP contribution in [-0.2, 0) is 16.9 Å². The molecule has 5 heteroatoms. The van der Waals surface area contributed by atoms with Gasteiger partial charge in [0.1, 0.15) is 5.67 Å². The smallest absolute Gasteiger partial charge is 0.306 e. The van der Waals surface area contributed by atoms with Gasteiger partial charge in [-0.2, -0.15) is 0 Å². The Kier molecular flexibility index (Phi) is 4.04. The molecular formula is C13H15F3O2. The molecule has 0 amide bonds. The lowest BCUT2D eigenvalue weighted by atomic mass is 9.93. The van der Waals surface area contributed by atoms with Crippen molar-refractivity contribution in [3.05, 3.63) is 34.9 Å². The fourth-order valence-corrected chi connectivity index (χ4v) is 1.55. The third kappa shape index (κ3) is 3.24. The van der Waals surface area contributed by atoms with Gasteiger partial charge in [0, 0.05) is 0 Å². The van der Waals surface area contributed by atoms with Crippen LogP contribution < -0.4 is 0 Å². The summed E-state index contributed by atoms with van der Waals surface area (Å²) < 4.78 is 40.5. The molecule has 0 spiro atoms. The van der Waals surface area contributed by atoms with Gasteiger partial charge in [0.05, 0.1) is 5.92 Å². The van der Waals surface area contributed by atoms with Crippen LogP contribution in [0.5, 0.6) is 0 Å². The highest BCUT2D eigenvalue weighted by molar-refractivity contribution is 5.69. The molecule has 1 aromatic carbocycles. The summed E-state index contributed by atoms with van der Waals surface area (Å²) in [5, 5.41) is 8.74. The zero-order chi connectivity index (χ0) is 14.1. The Balaban J connectivity index is 3.19. The summed E-state index contributed by atoms with van der Waals surface area (Å²) in [6.45, 7) is 3.83. The van der Waals surface area contributed by atoms with Gasteiger partial charge in [-0.05, 0) is 43.5 Å². The van der Waals surface area contributed by atoms with Gasteiger partial charge in [-0.3, -0.25) is 4.79 Å². The summed E-state index contributed by atoms with van der Waals surface area (Å²) in [5.74, 6) is -4.25. The van der Waals surface area contributed by atoms with Crippen molar-refractivity contribution in [1.29, 1.82) is 0 Å². The normalized spacial score (nSPS) is 13.4. The predicted octanol–water partition coefficient (Wildman–Crippen LogP) is 3.43. The number of aliphatic carboxylic acids is 1. The molecule has 100 valence electrons. The molecule has 1 atom stereocenters. The number of carbonyl (C=O) groups is 1. The van der Waals surface area contributed by atoms with E-state index in [2.05, 4.69) is 0 Å². The van der Waals surface area contributed by atoms with Crippen molar-refractivity contribution in [2.24, 2.45) is 5.92 Å². The van der Waals surface area contributed by atoms with Crippen LogP contribution in [0.1, 0.15) is 31.9 Å². The zero-order valence-corrected chi connectivity index (χ0v) is 10.4. The van der Waals surface area contributed by atoms with Crippen molar-refractivity contribution in [2.45, 2.75) is 32.9 Å². The molecule has 0 fully saturated rings. The molecule has 1 aromatic rings. The van der Waals surface area contributed by atoms with Crippen molar-refractivity contribution < 1.29 is 23.1 Å². The van der Waals surface area contributed by atoms with Crippen LogP contribution in [0, 0.1) is 17.6 Å². The second kappa shape index (κ2) is 5.00. The van der Waals surface area contributed by atoms with Gasteiger partial charge in [0.15, 0.2) is 11.6 Å². The van der Waals surface area contributed by atoms with Crippen molar-refractivity contribution in [3.8, 4) is 0 Å². The van der Waals surface area contributed by atoms with E-state index in [0.717, 1.165) is 6.07 Å². The van der Waals surface area contributed by atoms with Crippen LogP contribution in [0.3, 0.4) is 0 Å². The minimum atomic E-state index is -1.81. The number of rotatable bonds is 4. The van der Waals surface area contributed by atoms with Gasteiger partial charge in [-0.15, -0.1) is 0 Å². The second-order valence-corrected chi connectivity index (χ2v) is 4.85. The zero-order valence-electron chi connectivity index (χ0n) is 10.4. The molecule has 0 heterocycles. The highest BCUT2D eigenvalue weighted by Crippen LogP contribution is 2.28. The van der Waals surface area contributed by atoms with E-state index in [9.17, 15) is 18.0 Å². The first-order valence-electron chi connectivity index (χ1n) is 5.53. The Morgan fingerprint density at radius 3 is 2.39 bits per heavy atom. The largest absolute Gasteiger partial charge is 0.481 e. The van der Waals surface area contributed by atoms with Crippen molar-refractivity contribution in [1.82, 2.24) is 0 Å². The maximum absolute atomic E-state index is 13.7. The highest BCUT2D eigenvalue weighted by Gasteiger charge is 2.24. The van der Waals surface area contributed by atoms with Crippen LogP contribution in [0.4, 0.5) is 13.2 Å². The van der Waals surface area contributed by atoms with E-state index in [0.29, 0.717) is 0 Å². The number of benzene rings is 1. The lowest BCUT2D eigenvalue weighted by molar-refractivity contribution is -0.141. The van der Waals surface area contributed by atoms with Crippen LogP contribution >= 0.6 is 0 Å². The minimum absolute atomic E-state index is 0.00557. The highest BCUT2D eigenvalue weighted by atomic mass is 19.2. The maximum atomic E-state index is 13.7. The van der Waals surface area contributed by atoms with Crippen molar-refractivity contribution in [3.63, 3.8) is 0 Å². The average Bonchev–Trinajstić information content (AvgIpc) is 2.22. The maximum Gasteiger partial charge on any atom is 0.306 e. The Morgan fingerprint density at radius 2 is 1.94 bits per heavy atom. The molecule has 0 aliphatic carbocycles. The van der Waals surface area contributed by atoms with Gasteiger partial charge in [0.2, 0.25) is 0 Å². The topological polar surface area (TPSA) is 37.3 Å². The number of alkyl halides is 1. The molecule has 1 rings (SSSR count). The molecule has 0 aliphatic rings. The lowest BCUT2D eigenvalue weighted by Crippen LogP contribution is -2.16. The van der Waals surface area contributed by atoms with Crippen LogP contribution in [0.25, 0.3) is 0 Å². The standard InChI is InChI=1S/C13H15F3O2/c1-7(12(17)18)4-8-5-9(13(2,3)16)6-10(14)11(8)15/h5-7H,4H2,1-3H3,(H,17,18). The van der Waals surface area contributed by atoms with E-state index in [-0.39, 0.29) is 17.5 Å². The molecule has 18 heavy (non-hydrogen) atoms. The Hall–Kier alpha value is -1.52. The van der Waals surface area contributed by atoms with Gasteiger partial charge in [-0.25, -0.2) is 13.2 Å². The third-order valence-electron chi connectivity index (χ3n) is 2.74. The monoisotopic (exact) mass is 260 g/mol. The molecule has 1 unspecified atom stereocenters. The summed E-state index contributed by atoms with van der Waals surface area (Å²) in [6.07, 6.45) is -0.179. The molecule has 0 aliphatic heterocycles. The first-order chi connectivity index (χ1) is 8.12. The third-order valence-corrected chi connectivity index (χ3v) is 2.74. The molecule has 1 N–H and O–H groups in total. The summed E-state index contributed by atoms with van der Waals surface area (Å²) in [4.78, 5) is 10.7. The van der Waals surface area contributed by atoms with Gasteiger partial charge in [0.25, 0.3) is 0 Å². The first-order valence-corrected chi connectivity index (χ1v) is 5.53. The minimum Gasteiger partial charge on any atom is -0.481 e. The quantitative estimate of drug-likeness (QED) is 0.900. The number of carboxylic acid groups (broad SMARTS) is 1. The molecule has 0 saturated heterocycles.